The minimum Gasteiger partial charge on any atom is -0.494 e. The van der Waals surface area contributed by atoms with Gasteiger partial charge in [0, 0.05) is 11.4 Å². The van der Waals surface area contributed by atoms with Crippen LogP contribution in [0.2, 0.25) is 0 Å². The third-order valence-electron chi connectivity index (χ3n) is 2.02. The Hall–Kier alpha value is -1.56. The molecule has 0 heterocycles. The summed E-state index contributed by atoms with van der Waals surface area (Å²) in [5, 5.41) is 2.59. The molecule has 6 heteroatoms. The van der Waals surface area contributed by atoms with Crippen LogP contribution in [0.15, 0.2) is 16.6 Å². The first-order valence-corrected chi connectivity index (χ1v) is 5.53. The Bertz CT molecular complexity index is 459. The summed E-state index contributed by atoms with van der Waals surface area (Å²) in [7, 11) is 2.70. The summed E-state index contributed by atoms with van der Waals surface area (Å²) in [5.41, 5.74) is 0.657. The fraction of sp³-hybridized carbons (Fsp3) is 0.273. The molecule has 17 heavy (non-hydrogen) atoms. The van der Waals surface area contributed by atoms with Gasteiger partial charge in [-0.3, -0.25) is 4.79 Å². The number of esters is 1. The van der Waals surface area contributed by atoms with Crippen LogP contribution < -0.4 is 10.1 Å². The Morgan fingerprint density at radius 1 is 1.29 bits per heavy atom. The van der Waals surface area contributed by atoms with Crippen LogP contribution in [0.1, 0.15) is 17.3 Å². The fourth-order valence-electron chi connectivity index (χ4n) is 1.33. The molecule has 1 rings (SSSR count). The Labute approximate surface area is 107 Å². The molecule has 0 spiro atoms. The van der Waals surface area contributed by atoms with Crippen LogP contribution in [0.25, 0.3) is 0 Å². The van der Waals surface area contributed by atoms with Crippen molar-refractivity contribution in [1.82, 2.24) is 0 Å². The lowest BCUT2D eigenvalue weighted by atomic mass is 10.1. The van der Waals surface area contributed by atoms with E-state index in [1.807, 2.05) is 0 Å². The molecular weight excluding hydrogens is 290 g/mol. The third-order valence-corrected chi connectivity index (χ3v) is 2.68. The van der Waals surface area contributed by atoms with Crippen molar-refractivity contribution in [3.05, 3.63) is 22.2 Å². The summed E-state index contributed by atoms with van der Waals surface area (Å²) in [5.74, 6) is -0.520. The number of carbonyl (C=O) groups is 2. The molecule has 0 aliphatic carbocycles. The van der Waals surface area contributed by atoms with Crippen LogP contribution in [-0.2, 0) is 9.53 Å². The average molecular weight is 302 g/mol. The van der Waals surface area contributed by atoms with Gasteiger partial charge in [0.1, 0.15) is 5.56 Å². The smallest absolute Gasteiger partial charge is 0.341 e. The molecule has 1 N–H and O–H groups in total. The van der Waals surface area contributed by atoms with Gasteiger partial charge in [-0.05, 0) is 28.1 Å². The molecule has 1 aromatic carbocycles. The molecule has 0 aliphatic rings. The van der Waals surface area contributed by atoms with Gasteiger partial charge in [-0.1, -0.05) is 0 Å². The zero-order chi connectivity index (χ0) is 13.0. The molecule has 0 saturated heterocycles. The third kappa shape index (κ3) is 2.97. The van der Waals surface area contributed by atoms with Gasteiger partial charge < -0.3 is 14.8 Å². The van der Waals surface area contributed by atoms with E-state index in [1.54, 1.807) is 12.1 Å². The van der Waals surface area contributed by atoms with Crippen LogP contribution in [0, 0.1) is 0 Å². The lowest BCUT2D eigenvalue weighted by Gasteiger charge is -2.14. The van der Waals surface area contributed by atoms with Gasteiger partial charge in [0.2, 0.25) is 5.91 Å². The van der Waals surface area contributed by atoms with Gasteiger partial charge in [0.05, 0.1) is 19.9 Å². The Balaban J connectivity index is 3.35. The molecule has 0 radical (unpaired) electrons. The number of ether oxygens (including phenoxy) is 2. The number of carbonyl (C=O) groups excluding carboxylic acids is 2. The van der Waals surface area contributed by atoms with Crippen LogP contribution in [0.5, 0.6) is 5.75 Å². The molecule has 0 saturated carbocycles. The predicted molar refractivity (Wildman–Crippen MR) is 66.3 cm³/mol. The first-order chi connectivity index (χ1) is 8.01. The minimum atomic E-state index is -0.527. The van der Waals surface area contributed by atoms with E-state index in [-0.39, 0.29) is 17.2 Å². The number of benzene rings is 1. The van der Waals surface area contributed by atoms with Crippen molar-refractivity contribution < 1.29 is 19.1 Å². The Kier molecular flexibility index (Phi) is 4.51. The van der Waals surface area contributed by atoms with Crippen LogP contribution >= 0.6 is 15.9 Å². The highest BCUT2D eigenvalue weighted by Gasteiger charge is 2.19. The highest BCUT2D eigenvalue weighted by Crippen LogP contribution is 2.36. The number of amides is 1. The summed E-state index contributed by atoms with van der Waals surface area (Å²) >= 11 is 3.27. The number of anilines is 1. The standard InChI is InChI=1S/C11H12BrNO4/c1-6(14)13-9-8(12)5-4-7(10(9)16-2)11(15)17-3/h4-5H,1-3H3,(H,13,14). The Morgan fingerprint density at radius 2 is 1.94 bits per heavy atom. The lowest BCUT2D eigenvalue weighted by molar-refractivity contribution is -0.114. The van der Waals surface area contributed by atoms with Gasteiger partial charge >= 0.3 is 5.97 Å². The number of rotatable bonds is 3. The summed E-state index contributed by atoms with van der Waals surface area (Å²) in [4.78, 5) is 22.6. The number of hydrogen-bond acceptors (Lipinski definition) is 4. The Morgan fingerprint density at radius 3 is 2.41 bits per heavy atom. The highest BCUT2D eigenvalue weighted by molar-refractivity contribution is 9.10. The van der Waals surface area contributed by atoms with Gasteiger partial charge in [-0.15, -0.1) is 0 Å². The van der Waals surface area contributed by atoms with E-state index >= 15 is 0 Å². The first kappa shape index (κ1) is 13.5. The summed E-state index contributed by atoms with van der Waals surface area (Å²) in [6.07, 6.45) is 0. The van der Waals surface area contributed by atoms with Gasteiger partial charge in [0.25, 0.3) is 0 Å². The number of nitrogens with one attached hydrogen (secondary N) is 1. The van der Waals surface area contributed by atoms with E-state index in [9.17, 15) is 9.59 Å². The summed E-state index contributed by atoms with van der Waals surface area (Å²) in [6, 6.07) is 3.19. The highest BCUT2D eigenvalue weighted by atomic mass is 79.9. The van der Waals surface area contributed by atoms with Crippen LogP contribution in [0.4, 0.5) is 5.69 Å². The van der Waals surface area contributed by atoms with Crippen LogP contribution in [0.3, 0.4) is 0 Å². The molecule has 1 amide bonds. The monoisotopic (exact) mass is 301 g/mol. The van der Waals surface area contributed by atoms with Crippen molar-refractivity contribution in [3.8, 4) is 5.75 Å². The molecule has 0 bridgehead atoms. The van der Waals surface area contributed by atoms with E-state index in [2.05, 4.69) is 26.0 Å². The van der Waals surface area contributed by atoms with Crippen molar-refractivity contribution in [2.24, 2.45) is 0 Å². The maximum atomic E-state index is 11.5. The second-order valence-corrected chi connectivity index (χ2v) is 4.03. The van der Waals surface area contributed by atoms with E-state index in [0.717, 1.165) is 0 Å². The van der Waals surface area contributed by atoms with Crippen LogP contribution in [-0.4, -0.2) is 26.1 Å². The van der Waals surface area contributed by atoms with Gasteiger partial charge in [-0.25, -0.2) is 4.79 Å². The maximum absolute atomic E-state index is 11.5. The van der Waals surface area contributed by atoms with E-state index < -0.39 is 5.97 Å². The molecule has 92 valence electrons. The van der Waals surface area contributed by atoms with Crippen molar-refractivity contribution in [2.45, 2.75) is 6.92 Å². The maximum Gasteiger partial charge on any atom is 0.341 e. The molecule has 0 unspecified atom stereocenters. The molecule has 0 atom stereocenters. The molecule has 5 nitrogen and oxygen atoms in total. The predicted octanol–water partition coefficient (Wildman–Crippen LogP) is 2.20. The second kappa shape index (κ2) is 5.67. The molecule has 0 aromatic heterocycles. The molecule has 0 aliphatic heterocycles. The first-order valence-electron chi connectivity index (χ1n) is 4.73. The van der Waals surface area contributed by atoms with Crippen molar-refractivity contribution in [2.75, 3.05) is 19.5 Å². The zero-order valence-electron chi connectivity index (χ0n) is 9.67. The zero-order valence-corrected chi connectivity index (χ0v) is 11.3. The van der Waals surface area contributed by atoms with Gasteiger partial charge in [0.15, 0.2) is 5.75 Å². The SMILES string of the molecule is COC(=O)c1ccc(Br)c(NC(C)=O)c1OC. The number of hydrogen-bond donors (Lipinski definition) is 1. The summed E-state index contributed by atoms with van der Waals surface area (Å²) < 4.78 is 10.4. The summed E-state index contributed by atoms with van der Waals surface area (Å²) in [6.45, 7) is 1.37. The molecule has 0 fully saturated rings. The van der Waals surface area contributed by atoms with E-state index in [0.29, 0.717) is 10.2 Å². The largest absolute Gasteiger partial charge is 0.494 e. The number of methoxy groups -OCH3 is 2. The minimum absolute atomic E-state index is 0.252. The number of halogens is 1. The van der Waals surface area contributed by atoms with E-state index in [4.69, 9.17) is 4.74 Å². The molecular formula is C11H12BrNO4. The topological polar surface area (TPSA) is 64.6 Å². The van der Waals surface area contributed by atoms with E-state index in [1.165, 1.54) is 21.1 Å². The van der Waals surface area contributed by atoms with Gasteiger partial charge in [-0.2, -0.15) is 0 Å². The second-order valence-electron chi connectivity index (χ2n) is 3.18. The lowest BCUT2D eigenvalue weighted by Crippen LogP contribution is -2.11. The molecule has 1 aromatic rings. The average Bonchev–Trinajstić information content (AvgIpc) is 2.30. The van der Waals surface area contributed by atoms with Crippen molar-refractivity contribution >= 4 is 33.5 Å². The van der Waals surface area contributed by atoms with Crippen molar-refractivity contribution in [1.29, 1.82) is 0 Å². The van der Waals surface area contributed by atoms with Crippen molar-refractivity contribution in [3.63, 3.8) is 0 Å². The normalized spacial score (nSPS) is 9.65. The fourth-order valence-corrected chi connectivity index (χ4v) is 1.75. The quantitative estimate of drug-likeness (QED) is 0.869.